The van der Waals surface area contributed by atoms with Crippen molar-refractivity contribution in [2.75, 3.05) is 13.2 Å². The van der Waals surface area contributed by atoms with E-state index >= 15 is 0 Å². The molecule has 0 N–H and O–H groups in total. The Morgan fingerprint density at radius 2 is 1.89 bits per heavy atom. The second kappa shape index (κ2) is 8.66. The molecule has 0 saturated carbocycles. The average molecular weight is 261 g/mol. The van der Waals surface area contributed by atoms with Crippen molar-refractivity contribution in [2.45, 2.75) is 19.3 Å². The highest BCUT2D eigenvalue weighted by atomic mass is 28.2. The molecule has 0 spiro atoms. The summed E-state index contributed by atoms with van der Waals surface area (Å²) in [4.78, 5) is 10.9. The largest absolute Gasteiger partial charge is 0.463 e. The van der Waals surface area contributed by atoms with E-state index in [4.69, 9.17) is 9.16 Å². The maximum absolute atomic E-state index is 10.9. The minimum Gasteiger partial charge on any atom is -0.463 e. The van der Waals surface area contributed by atoms with Gasteiger partial charge in [-0.2, -0.15) is 0 Å². The number of aryl methyl sites for hydroxylation is 1. The fourth-order valence-corrected chi connectivity index (χ4v) is 1.80. The van der Waals surface area contributed by atoms with Gasteiger partial charge < -0.3 is 9.16 Å². The molecule has 0 aliphatic rings. The zero-order chi connectivity index (χ0) is 13.2. The lowest BCUT2D eigenvalue weighted by atomic mass is 10.0. The summed E-state index contributed by atoms with van der Waals surface area (Å²) < 4.78 is 9.84. The number of benzene rings is 1. The van der Waals surface area contributed by atoms with Gasteiger partial charge in [-0.1, -0.05) is 30.8 Å². The molecular weight excluding hydrogens is 244 g/mol. The number of hydrogen-bond donors (Lipinski definition) is 0. The highest BCUT2D eigenvalue weighted by Crippen LogP contribution is 2.12. The molecule has 0 amide bonds. The maximum atomic E-state index is 10.9. The number of carbonyl (C=O) groups excluding carboxylic acids is 1. The Labute approximate surface area is 111 Å². The molecule has 0 aliphatic carbocycles. The molecule has 0 aromatic heterocycles. The lowest BCUT2D eigenvalue weighted by Gasteiger charge is -2.09. The summed E-state index contributed by atoms with van der Waals surface area (Å²) in [7, 11) is 3.00. The van der Waals surface area contributed by atoms with Gasteiger partial charge in [0.25, 0.3) is 0 Å². The van der Waals surface area contributed by atoms with Gasteiger partial charge in [0.15, 0.2) is 0 Å². The third-order valence-corrected chi connectivity index (χ3v) is 2.80. The Morgan fingerprint density at radius 1 is 1.22 bits per heavy atom. The molecule has 0 unspecified atom stereocenters. The number of esters is 1. The highest BCUT2D eigenvalue weighted by molar-refractivity contribution is 5.97. The van der Waals surface area contributed by atoms with Crippen LogP contribution >= 0.6 is 0 Å². The zero-order valence-electron chi connectivity index (χ0n) is 10.4. The van der Waals surface area contributed by atoms with Gasteiger partial charge in [0.1, 0.15) is 0 Å². The molecule has 0 saturated heterocycles. The number of hydrogen-bond acceptors (Lipinski definition) is 3. The van der Waals surface area contributed by atoms with Crippen LogP contribution < -0.4 is 0 Å². The smallest absolute Gasteiger partial charge is 0.330 e. The molecule has 4 heteroatoms. The van der Waals surface area contributed by atoms with Gasteiger partial charge in [-0.15, -0.1) is 0 Å². The van der Waals surface area contributed by atoms with E-state index in [1.807, 2.05) is 12.1 Å². The van der Waals surface area contributed by atoms with E-state index in [-0.39, 0.29) is 5.97 Å². The van der Waals surface area contributed by atoms with Crippen LogP contribution in [0.5, 0.6) is 0 Å². The van der Waals surface area contributed by atoms with Gasteiger partial charge in [-0.25, -0.2) is 4.79 Å². The fraction of sp³-hybridized carbons (Fsp3) is 0.357. The Bertz CT molecular complexity index is 390. The van der Waals surface area contributed by atoms with Crippen molar-refractivity contribution in [3.63, 3.8) is 0 Å². The van der Waals surface area contributed by atoms with Crippen LogP contribution in [0.1, 0.15) is 17.5 Å². The van der Waals surface area contributed by atoms with E-state index in [1.165, 1.54) is 17.2 Å². The normalized spacial score (nSPS) is 10.1. The molecule has 1 aromatic rings. The number of ether oxygens (including phenoxy) is 1. The Hall–Kier alpha value is -1.39. The molecule has 0 aliphatic heterocycles. The molecule has 18 heavy (non-hydrogen) atoms. The van der Waals surface area contributed by atoms with Gasteiger partial charge >= 0.3 is 5.97 Å². The fourth-order valence-electron chi connectivity index (χ4n) is 1.70. The first-order valence-corrected chi connectivity index (χ1v) is 6.33. The first-order chi connectivity index (χ1) is 8.77. The lowest BCUT2D eigenvalue weighted by Crippen LogP contribution is -2.05. The van der Waals surface area contributed by atoms with Crippen LogP contribution in [0.4, 0.5) is 0 Å². The molecular formula is C14H17O3Si. The first-order valence-electron chi connectivity index (χ1n) is 5.92. The second-order valence-electron chi connectivity index (χ2n) is 3.84. The second-order valence-corrected chi connectivity index (χ2v) is 4.13. The molecule has 0 bridgehead atoms. The predicted molar refractivity (Wildman–Crippen MR) is 71.3 cm³/mol. The number of rotatable bonds is 8. The molecule has 0 heterocycles. The molecule has 3 nitrogen and oxygen atoms in total. The van der Waals surface area contributed by atoms with Crippen molar-refractivity contribution >= 4 is 16.5 Å². The first kappa shape index (κ1) is 14.7. The molecule has 95 valence electrons. The number of carbonyl (C=O) groups is 1. The van der Waals surface area contributed by atoms with E-state index in [9.17, 15) is 4.79 Å². The van der Waals surface area contributed by atoms with E-state index in [0.717, 1.165) is 19.3 Å². The van der Waals surface area contributed by atoms with Crippen molar-refractivity contribution in [2.24, 2.45) is 0 Å². The molecule has 0 atom stereocenters. The monoisotopic (exact) mass is 261 g/mol. The standard InChI is InChI=1S/C14H17O3Si/c1-2-14(15)16-10-5-8-12-6-3-4-7-13(12)9-11-17-18/h2-4,6-7H,1,5,8-11H2. The maximum Gasteiger partial charge on any atom is 0.330 e. The zero-order valence-corrected chi connectivity index (χ0v) is 11.4. The summed E-state index contributed by atoms with van der Waals surface area (Å²) in [5.74, 6) is -0.365. The van der Waals surface area contributed by atoms with Crippen LogP contribution in [-0.4, -0.2) is 29.7 Å². The lowest BCUT2D eigenvalue weighted by molar-refractivity contribution is -0.137. The van der Waals surface area contributed by atoms with Crippen LogP contribution in [-0.2, 0) is 26.8 Å². The van der Waals surface area contributed by atoms with E-state index in [2.05, 4.69) is 29.2 Å². The molecule has 1 aromatic carbocycles. The third kappa shape index (κ3) is 5.29. The summed E-state index contributed by atoms with van der Waals surface area (Å²) in [6.45, 7) is 4.41. The van der Waals surface area contributed by atoms with Crippen LogP contribution in [0.3, 0.4) is 0 Å². The Kier molecular flexibility index (Phi) is 7.06. The predicted octanol–water partition coefficient (Wildman–Crippen LogP) is 1.99. The van der Waals surface area contributed by atoms with Crippen LogP contribution in [0, 0.1) is 0 Å². The third-order valence-electron chi connectivity index (χ3n) is 2.59. The highest BCUT2D eigenvalue weighted by Gasteiger charge is 2.02. The van der Waals surface area contributed by atoms with Gasteiger partial charge in [-0.3, -0.25) is 0 Å². The van der Waals surface area contributed by atoms with E-state index in [0.29, 0.717) is 13.2 Å². The summed E-state index contributed by atoms with van der Waals surface area (Å²) in [6, 6.07) is 8.22. The molecule has 0 fully saturated rings. The minimum atomic E-state index is -0.365. The van der Waals surface area contributed by atoms with Crippen LogP contribution in [0.2, 0.25) is 0 Å². The Morgan fingerprint density at radius 3 is 2.50 bits per heavy atom. The van der Waals surface area contributed by atoms with Crippen LogP contribution in [0.15, 0.2) is 36.9 Å². The molecule has 1 rings (SSSR count). The topological polar surface area (TPSA) is 35.5 Å². The van der Waals surface area contributed by atoms with Gasteiger partial charge in [0.05, 0.1) is 6.61 Å². The quantitative estimate of drug-likeness (QED) is 0.311. The van der Waals surface area contributed by atoms with Crippen molar-refractivity contribution in [3.8, 4) is 0 Å². The minimum absolute atomic E-state index is 0.365. The van der Waals surface area contributed by atoms with Crippen molar-refractivity contribution in [1.29, 1.82) is 0 Å². The van der Waals surface area contributed by atoms with Crippen molar-refractivity contribution in [3.05, 3.63) is 48.0 Å². The summed E-state index contributed by atoms with van der Waals surface area (Å²) >= 11 is 0. The molecule has 3 radical (unpaired) electrons. The van der Waals surface area contributed by atoms with E-state index in [1.54, 1.807) is 0 Å². The summed E-state index contributed by atoms with van der Waals surface area (Å²) in [6.07, 6.45) is 3.75. The van der Waals surface area contributed by atoms with Crippen LogP contribution in [0.25, 0.3) is 0 Å². The van der Waals surface area contributed by atoms with E-state index < -0.39 is 0 Å². The van der Waals surface area contributed by atoms with Gasteiger partial charge in [-0.05, 0) is 30.4 Å². The average Bonchev–Trinajstić information content (AvgIpc) is 2.42. The summed E-state index contributed by atoms with van der Waals surface area (Å²) in [5.41, 5.74) is 2.54. The summed E-state index contributed by atoms with van der Waals surface area (Å²) in [5, 5.41) is 0. The van der Waals surface area contributed by atoms with Crippen molar-refractivity contribution < 1.29 is 14.0 Å². The Balaban J connectivity index is 2.40. The van der Waals surface area contributed by atoms with Gasteiger partial charge in [0, 0.05) is 12.7 Å². The van der Waals surface area contributed by atoms with Gasteiger partial charge in [0.2, 0.25) is 10.5 Å². The van der Waals surface area contributed by atoms with Crippen molar-refractivity contribution in [1.82, 2.24) is 0 Å². The SMILES string of the molecule is C=CC(=O)OCCCc1ccccc1CCO[Si].